The summed E-state index contributed by atoms with van der Waals surface area (Å²) in [6.45, 7) is 1.85. The summed E-state index contributed by atoms with van der Waals surface area (Å²) in [5.41, 5.74) is 3.41. The lowest BCUT2D eigenvalue weighted by Gasteiger charge is -2.10. The molecule has 0 aliphatic rings. The highest BCUT2D eigenvalue weighted by molar-refractivity contribution is 7.90. The molecule has 10 heteroatoms. The summed E-state index contributed by atoms with van der Waals surface area (Å²) in [7, 11) is -4.05. The van der Waals surface area contributed by atoms with Crippen LogP contribution in [0.15, 0.2) is 88.7 Å². The van der Waals surface area contributed by atoms with Gasteiger partial charge in [0.25, 0.3) is 10.0 Å². The van der Waals surface area contributed by atoms with Crippen molar-refractivity contribution in [3.05, 3.63) is 89.4 Å². The number of aryl methyl sites for hydroxylation is 1. The van der Waals surface area contributed by atoms with Crippen molar-refractivity contribution in [1.29, 1.82) is 0 Å². The number of aromatic nitrogens is 2. The molecule has 5 nitrogen and oxygen atoms in total. The average Bonchev–Trinajstić information content (AvgIpc) is 3.47. The first-order chi connectivity index (χ1) is 16.6. The van der Waals surface area contributed by atoms with Crippen LogP contribution >= 0.6 is 11.3 Å². The van der Waals surface area contributed by atoms with Crippen LogP contribution in [-0.4, -0.2) is 23.7 Å². The summed E-state index contributed by atoms with van der Waals surface area (Å²) in [6.07, 6.45) is -1.94. The zero-order valence-corrected chi connectivity index (χ0v) is 19.8. The van der Waals surface area contributed by atoms with Crippen LogP contribution < -0.4 is 4.74 Å². The summed E-state index contributed by atoms with van der Waals surface area (Å²) < 4.78 is 70.9. The Labute approximate surface area is 203 Å². The Bertz CT molecular complexity index is 1620. The molecule has 35 heavy (non-hydrogen) atoms. The van der Waals surface area contributed by atoms with Crippen LogP contribution in [0, 0.1) is 6.92 Å². The van der Waals surface area contributed by atoms with Crippen LogP contribution in [0.25, 0.3) is 33.3 Å². The third kappa shape index (κ3) is 4.42. The van der Waals surface area contributed by atoms with Gasteiger partial charge in [0.2, 0.25) is 0 Å². The van der Waals surface area contributed by atoms with Crippen LogP contribution in [0.4, 0.5) is 13.2 Å². The number of hydrogen-bond donors (Lipinski definition) is 0. The first-order valence-electron chi connectivity index (χ1n) is 10.3. The summed E-state index contributed by atoms with van der Waals surface area (Å²) in [6, 6.07) is 15.5. The first-order valence-corrected chi connectivity index (χ1v) is 12.7. The number of halogens is 3. The summed E-state index contributed by atoms with van der Waals surface area (Å²) in [5.74, 6) is -0.404. The van der Waals surface area contributed by atoms with Gasteiger partial charge in [0.15, 0.2) is 5.65 Å². The number of thiophene rings is 1. The van der Waals surface area contributed by atoms with Crippen LogP contribution in [0.3, 0.4) is 0 Å². The average molecular weight is 515 g/mol. The fourth-order valence-electron chi connectivity index (χ4n) is 3.87. The number of fused-ring (bicyclic) bond motifs is 1. The monoisotopic (exact) mass is 514 g/mol. The van der Waals surface area contributed by atoms with Gasteiger partial charge in [0.1, 0.15) is 5.75 Å². The molecule has 2 aromatic carbocycles. The number of rotatable bonds is 5. The van der Waals surface area contributed by atoms with Gasteiger partial charge in [0.05, 0.1) is 4.90 Å². The highest BCUT2D eigenvalue weighted by Gasteiger charge is 2.31. The molecular weight excluding hydrogens is 497 g/mol. The number of alkyl halides is 3. The zero-order valence-electron chi connectivity index (χ0n) is 18.2. The molecule has 0 amide bonds. The molecule has 0 fully saturated rings. The summed E-state index contributed by atoms with van der Waals surface area (Å²) >= 11 is 1.47. The minimum absolute atomic E-state index is 0.0726. The minimum atomic E-state index is -4.86. The van der Waals surface area contributed by atoms with E-state index >= 15 is 0 Å². The van der Waals surface area contributed by atoms with Crippen molar-refractivity contribution in [1.82, 2.24) is 8.96 Å². The fourth-order valence-corrected chi connectivity index (χ4v) is 5.84. The second-order valence-corrected chi connectivity index (χ2v) is 10.4. The molecule has 0 radical (unpaired) electrons. The number of nitrogens with zero attached hydrogens (tertiary/aromatic N) is 2. The SMILES string of the molecule is Cc1ccc(S(=O)(=O)n2cc(-c3cccc(OC(F)(F)F)c3)c3c(-c4ccsc4)ccnc32)cc1. The van der Waals surface area contributed by atoms with Crippen molar-refractivity contribution in [3.63, 3.8) is 0 Å². The molecule has 0 unspecified atom stereocenters. The Hall–Kier alpha value is -3.63. The summed E-state index contributed by atoms with van der Waals surface area (Å²) in [4.78, 5) is 4.44. The molecule has 3 aromatic heterocycles. The van der Waals surface area contributed by atoms with Gasteiger partial charge >= 0.3 is 6.36 Å². The Morgan fingerprint density at radius 1 is 0.971 bits per heavy atom. The van der Waals surface area contributed by atoms with E-state index in [-0.39, 0.29) is 10.5 Å². The Morgan fingerprint density at radius 2 is 1.74 bits per heavy atom. The molecule has 0 N–H and O–H groups in total. The number of ether oxygens (including phenoxy) is 1. The summed E-state index contributed by atoms with van der Waals surface area (Å²) in [5, 5.41) is 4.30. The van der Waals surface area contributed by atoms with Crippen molar-refractivity contribution in [2.24, 2.45) is 0 Å². The van der Waals surface area contributed by atoms with Gasteiger partial charge in [-0.15, -0.1) is 13.2 Å². The Kier molecular flexibility index (Phi) is 5.65. The van der Waals surface area contributed by atoms with E-state index in [1.54, 1.807) is 24.3 Å². The molecule has 0 atom stereocenters. The van der Waals surface area contributed by atoms with E-state index in [0.29, 0.717) is 22.1 Å². The van der Waals surface area contributed by atoms with Gasteiger partial charge < -0.3 is 4.74 Å². The highest BCUT2D eigenvalue weighted by Crippen LogP contribution is 2.40. The largest absolute Gasteiger partial charge is 0.573 e. The van der Waals surface area contributed by atoms with Crippen LogP contribution in [0.5, 0.6) is 5.75 Å². The predicted octanol–water partition coefficient (Wildman–Crippen LogP) is 6.88. The molecule has 0 bridgehead atoms. The molecule has 5 rings (SSSR count). The van der Waals surface area contributed by atoms with Crippen LogP contribution in [0.2, 0.25) is 0 Å². The maximum Gasteiger partial charge on any atom is 0.573 e. The molecule has 0 spiro atoms. The second kappa shape index (κ2) is 8.54. The molecule has 3 heterocycles. The molecule has 0 saturated carbocycles. The quantitative estimate of drug-likeness (QED) is 0.257. The maximum atomic E-state index is 13.6. The lowest BCUT2D eigenvalue weighted by atomic mass is 9.99. The zero-order chi connectivity index (χ0) is 24.8. The van der Waals surface area contributed by atoms with E-state index < -0.39 is 22.1 Å². The Morgan fingerprint density at radius 3 is 2.43 bits per heavy atom. The molecular formula is C25H17F3N2O3S2. The van der Waals surface area contributed by atoms with E-state index in [4.69, 9.17) is 0 Å². The van der Waals surface area contributed by atoms with E-state index in [1.165, 1.54) is 54.1 Å². The maximum absolute atomic E-state index is 13.6. The van der Waals surface area contributed by atoms with Crippen molar-refractivity contribution in [2.75, 3.05) is 0 Å². The number of benzene rings is 2. The lowest BCUT2D eigenvalue weighted by molar-refractivity contribution is -0.274. The fraction of sp³-hybridized carbons (Fsp3) is 0.0800. The molecule has 5 aromatic rings. The van der Waals surface area contributed by atoms with E-state index in [2.05, 4.69) is 9.72 Å². The third-order valence-electron chi connectivity index (χ3n) is 5.44. The van der Waals surface area contributed by atoms with Gasteiger partial charge in [-0.1, -0.05) is 29.8 Å². The predicted molar refractivity (Wildman–Crippen MR) is 129 cm³/mol. The number of pyridine rings is 1. The normalized spacial score (nSPS) is 12.2. The van der Waals surface area contributed by atoms with Crippen LogP contribution in [0.1, 0.15) is 5.56 Å². The van der Waals surface area contributed by atoms with Gasteiger partial charge in [-0.05, 0) is 70.8 Å². The lowest BCUT2D eigenvalue weighted by Crippen LogP contribution is -2.17. The van der Waals surface area contributed by atoms with E-state index in [0.717, 1.165) is 15.1 Å². The van der Waals surface area contributed by atoms with Crippen molar-refractivity contribution in [2.45, 2.75) is 18.2 Å². The molecule has 178 valence electrons. The molecule has 0 saturated heterocycles. The van der Waals surface area contributed by atoms with Crippen molar-refractivity contribution in [3.8, 4) is 28.0 Å². The Balaban J connectivity index is 1.79. The van der Waals surface area contributed by atoms with Crippen molar-refractivity contribution < 1.29 is 26.3 Å². The smallest absolute Gasteiger partial charge is 0.406 e. The number of hydrogen-bond acceptors (Lipinski definition) is 5. The van der Waals surface area contributed by atoms with E-state index in [1.807, 2.05) is 23.8 Å². The van der Waals surface area contributed by atoms with E-state index in [9.17, 15) is 21.6 Å². The molecule has 0 aliphatic carbocycles. The van der Waals surface area contributed by atoms with Crippen LogP contribution in [-0.2, 0) is 10.0 Å². The second-order valence-electron chi connectivity index (χ2n) is 7.80. The molecule has 0 aliphatic heterocycles. The minimum Gasteiger partial charge on any atom is -0.406 e. The standard InChI is InChI=1S/C25H17F3N2O3S2/c1-16-5-7-20(8-6-16)35(31,32)30-14-22(17-3-2-4-19(13-17)33-25(26,27)28)23-21(9-11-29-24(23)30)18-10-12-34-15-18/h2-15H,1H3. The highest BCUT2D eigenvalue weighted by atomic mass is 32.2. The van der Waals surface area contributed by atoms with Gasteiger partial charge in [-0.2, -0.15) is 11.3 Å². The third-order valence-corrected chi connectivity index (χ3v) is 7.79. The van der Waals surface area contributed by atoms with Gasteiger partial charge in [0, 0.05) is 23.3 Å². The first kappa shape index (κ1) is 23.1. The van der Waals surface area contributed by atoms with Gasteiger partial charge in [-0.25, -0.2) is 17.4 Å². The topological polar surface area (TPSA) is 61.2 Å². The van der Waals surface area contributed by atoms with Gasteiger partial charge in [-0.3, -0.25) is 0 Å². The van der Waals surface area contributed by atoms with Crippen molar-refractivity contribution >= 4 is 32.4 Å².